The lowest BCUT2D eigenvalue weighted by Crippen LogP contribution is -2.01. The third-order valence-corrected chi connectivity index (χ3v) is 8.26. The minimum Gasteiger partial charge on any atom is -0.481 e. The Kier molecular flexibility index (Phi) is 5.90. The summed E-state index contributed by atoms with van der Waals surface area (Å²) >= 11 is 0. The lowest BCUT2D eigenvalue weighted by molar-refractivity contribution is -0.137. The molecule has 0 saturated heterocycles. The molecule has 0 heterocycles. The first-order valence-corrected chi connectivity index (χ1v) is 13.7. The minimum atomic E-state index is -0.855. The maximum absolute atomic E-state index is 11.7. The van der Waals surface area contributed by atoms with E-state index in [1.54, 1.807) is 0 Å². The van der Waals surface area contributed by atoms with Gasteiger partial charge in [-0.2, -0.15) is 0 Å². The van der Waals surface area contributed by atoms with Gasteiger partial charge in [-0.1, -0.05) is 109 Å². The minimum absolute atomic E-state index is 0.0389. The Bertz CT molecular complexity index is 2040. The Morgan fingerprint density at radius 2 is 1.00 bits per heavy atom. The van der Waals surface area contributed by atoms with Gasteiger partial charge in [-0.15, -0.1) is 0 Å². The van der Waals surface area contributed by atoms with Crippen molar-refractivity contribution in [3.8, 4) is 33.4 Å². The molecule has 0 saturated carbocycles. The molecule has 6 aromatic rings. The highest BCUT2D eigenvalue weighted by molar-refractivity contribution is 6.09. The monoisotopic (exact) mass is 534 g/mol. The highest BCUT2D eigenvalue weighted by Crippen LogP contribution is 2.48. The summed E-state index contributed by atoms with van der Waals surface area (Å²) in [5.41, 5.74) is 10.9. The molecule has 1 aliphatic carbocycles. The molecule has 4 heteroatoms. The molecule has 0 amide bonds. The molecule has 0 bridgehead atoms. The quantitative estimate of drug-likeness (QED) is 0.226. The molecule has 1 aliphatic rings. The van der Waals surface area contributed by atoms with Crippen LogP contribution < -0.4 is 0 Å². The topological polar surface area (TPSA) is 74.6 Å². The summed E-state index contributed by atoms with van der Waals surface area (Å²) in [6, 6.07) is 37.0. The molecule has 4 nitrogen and oxygen atoms in total. The number of aliphatic carboxylic acids is 2. The van der Waals surface area contributed by atoms with Gasteiger partial charge in [0, 0.05) is 0 Å². The standard InChI is InChI=1S/C37H26O4/c38-35(39)20-23-8-3-13-28-26(23)11-5-15-30(28)33-18-17-31-25-10-2-1-7-22(25)19-34(31)37(33)32-16-6-12-27-24(21-36(40)41)9-4-14-29(27)32/h1-18H,19-21H2,(H,38,39)(H,40,41). The van der Waals surface area contributed by atoms with Crippen molar-refractivity contribution in [3.05, 3.63) is 131 Å². The maximum atomic E-state index is 11.7. The second kappa shape index (κ2) is 9.76. The van der Waals surface area contributed by atoms with Gasteiger partial charge in [0.2, 0.25) is 0 Å². The van der Waals surface area contributed by atoms with Crippen LogP contribution in [0.25, 0.3) is 54.9 Å². The third kappa shape index (κ3) is 4.16. The summed E-state index contributed by atoms with van der Waals surface area (Å²) in [5.74, 6) is -1.71. The first-order valence-electron chi connectivity index (χ1n) is 13.7. The molecule has 7 rings (SSSR count). The van der Waals surface area contributed by atoms with E-state index in [1.165, 1.54) is 22.3 Å². The van der Waals surface area contributed by atoms with Crippen LogP contribution in [0.4, 0.5) is 0 Å². The summed E-state index contributed by atoms with van der Waals surface area (Å²) in [5, 5.41) is 23.0. The molecule has 6 aromatic carbocycles. The van der Waals surface area contributed by atoms with Gasteiger partial charge in [-0.3, -0.25) is 9.59 Å². The molecule has 41 heavy (non-hydrogen) atoms. The molecule has 0 fully saturated rings. The molecule has 2 N–H and O–H groups in total. The van der Waals surface area contributed by atoms with Crippen LogP contribution in [0.5, 0.6) is 0 Å². The lowest BCUT2D eigenvalue weighted by Gasteiger charge is -2.20. The second-order valence-electron chi connectivity index (χ2n) is 10.6. The summed E-state index contributed by atoms with van der Waals surface area (Å²) < 4.78 is 0. The van der Waals surface area contributed by atoms with Crippen LogP contribution in [0.15, 0.2) is 109 Å². The molecule has 0 aromatic heterocycles. The SMILES string of the molecule is O=C(O)Cc1cccc2c(-c3ccc4c(c3-c3cccc5c(CC(=O)O)cccc35)Cc3ccccc3-4)cccc12. The molecule has 0 atom stereocenters. The van der Waals surface area contributed by atoms with Crippen molar-refractivity contribution in [2.24, 2.45) is 0 Å². The zero-order valence-electron chi connectivity index (χ0n) is 22.2. The fourth-order valence-electron chi connectivity index (χ4n) is 6.58. The van der Waals surface area contributed by atoms with Gasteiger partial charge in [-0.25, -0.2) is 0 Å². The number of rotatable bonds is 6. The van der Waals surface area contributed by atoms with Crippen molar-refractivity contribution in [1.29, 1.82) is 0 Å². The summed E-state index contributed by atoms with van der Waals surface area (Å²) in [7, 11) is 0. The van der Waals surface area contributed by atoms with Crippen LogP contribution in [0, 0.1) is 0 Å². The summed E-state index contributed by atoms with van der Waals surface area (Å²) in [6.07, 6.45) is 0.722. The van der Waals surface area contributed by atoms with Crippen molar-refractivity contribution in [2.75, 3.05) is 0 Å². The van der Waals surface area contributed by atoms with Gasteiger partial charge in [-0.05, 0) is 83.6 Å². The Balaban J connectivity index is 1.55. The molecule has 0 unspecified atom stereocenters. The van der Waals surface area contributed by atoms with Crippen LogP contribution in [0.2, 0.25) is 0 Å². The van der Waals surface area contributed by atoms with E-state index in [1.807, 2.05) is 48.5 Å². The van der Waals surface area contributed by atoms with E-state index in [4.69, 9.17) is 0 Å². The van der Waals surface area contributed by atoms with Gasteiger partial charge in [0.1, 0.15) is 0 Å². The number of hydrogen-bond donors (Lipinski definition) is 2. The first kappa shape index (κ1) is 24.8. The summed E-state index contributed by atoms with van der Waals surface area (Å²) in [4.78, 5) is 23.3. The van der Waals surface area contributed by atoms with Crippen LogP contribution in [-0.2, 0) is 28.9 Å². The Hall–Kier alpha value is -5.22. The molecular weight excluding hydrogens is 508 g/mol. The molecule has 0 radical (unpaired) electrons. The molecular formula is C37H26O4. The zero-order chi connectivity index (χ0) is 28.1. The van der Waals surface area contributed by atoms with Crippen molar-refractivity contribution in [3.63, 3.8) is 0 Å². The third-order valence-electron chi connectivity index (χ3n) is 8.26. The van der Waals surface area contributed by atoms with Crippen molar-refractivity contribution in [1.82, 2.24) is 0 Å². The van der Waals surface area contributed by atoms with Gasteiger partial charge in [0.05, 0.1) is 12.8 Å². The van der Waals surface area contributed by atoms with E-state index in [0.717, 1.165) is 61.3 Å². The van der Waals surface area contributed by atoms with Crippen LogP contribution >= 0.6 is 0 Å². The van der Waals surface area contributed by atoms with E-state index in [-0.39, 0.29) is 12.8 Å². The van der Waals surface area contributed by atoms with Crippen molar-refractivity contribution >= 4 is 33.5 Å². The fourth-order valence-corrected chi connectivity index (χ4v) is 6.58. The molecule has 198 valence electrons. The number of carboxylic acid groups (broad SMARTS) is 2. The number of hydrogen-bond acceptors (Lipinski definition) is 2. The normalized spacial score (nSPS) is 11.9. The zero-order valence-corrected chi connectivity index (χ0v) is 22.2. The highest BCUT2D eigenvalue weighted by Gasteiger charge is 2.26. The number of benzene rings is 6. The molecule has 0 spiro atoms. The fraction of sp³-hybridized carbons (Fsp3) is 0.0811. The summed E-state index contributed by atoms with van der Waals surface area (Å²) in [6.45, 7) is 0. The smallest absolute Gasteiger partial charge is 0.307 e. The van der Waals surface area contributed by atoms with Gasteiger partial charge in [0.15, 0.2) is 0 Å². The average molecular weight is 535 g/mol. The van der Waals surface area contributed by atoms with E-state index in [9.17, 15) is 19.8 Å². The van der Waals surface area contributed by atoms with Crippen molar-refractivity contribution < 1.29 is 19.8 Å². The lowest BCUT2D eigenvalue weighted by atomic mass is 9.83. The van der Waals surface area contributed by atoms with E-state index in [2.05, 4.69) is 60.7 Å². The Morgan fingerprint density at radius 1 is 0.488 bits per heavy atom. The van der Waals surface area contributed by atoms with Gasteiger partial charge in [0.25, 0.3) is 0 Å². The number of carbonyl (C=O) groups is 2. The van der Waals surface area contributed by atoms with Crippen LogP contribution in [-0.4, -0.2) is 22.2 Å². The van der Waals surface area contributed by atoms with E-state index >= 15 is 0 Å². The van der Waals surface area contributed by atoms with Crippen molar-refractivity contribution in [2.45, 2.75) is 19.3 Å². The predicted octanol–water partition coefficient (Wildman–Crippen LogP) is 8.15. The maximum Gasteiger partial charge on any atom is 0.307 e. The van der Waals surface area contributed by atoms with E-state index in [0.29, 0.717) is 0 Å². The largest absolute Gasteiger partial charge is 0.481 e. The molecule has 0 aliphatic heterocycles. The Morgan fingerprint density at radius 3 is 1.66 bits per heavy atom. The Labute approximate surface area is 237 Å². The van der Waals surface area contributed by atoms with Gasteiger partial charge < -0.3 is 10.2 Å². The predicted molar refractivity (Wildman–Crippen MR) is 163 cm³/mol. The second-order valence-corrected chi connectivity index (χ2v) is 10.6. The number of carboxylic acids is 2. The number of fused-ring (bicyclic) bond motifs is 5. The van der Waals surface area contributed by atoms with Gasteiger partial charge >= 0.3 is 11.9 Å². The van der Waals surface area contributed by atoms with Crippen LogP contribution in [0.1, 0.15) is 22.3 Å². The highest BCUT2D eigenvalue weighted by atomic mass is 16.4. The van der Waals surface area contributed by atoms with Crippen LogP contribution in [0.3, 0.4) is 0 Å². The van der Waals surface area contributed by atoms with E-state index < -0.39 is 11.9 Å². The first-order chi connectivity index (χ1) is 20.0. The average Bonchev–Trinajstić information content (AvgIpc) is 3.35.